The fourth-order valence-corrected chi connectivity index (χ4v) is 3.07. The minimum atomic E-state index is -4.95. The number of hydrogen-bond acceptors (Lipinski definition) is 2. The van der Waals surface area contributed by atoms with Crippen LogP contribution >= 0.6 is 12.4 Å². The Kier molecular flexibility index (Phi) is 7.28. The summed E-state index contributed by atoms with van der Waals surface area (Å²) in [7, 11) is 0. The van der Waals surface area contributed by atoms with E-state index < -0.39 is 42.0 Å². The van der Waals surface area contributed by atoms with Crippen LogP contribution in [-0.4, -0.2) is 16.9 Å². The van der Waals surface area contributed by atoms with E-state index in [0.29, 0.717) is 12.1 Å². The van der Waals surface area contributed by atoms with E-state index in [-0.39, 0.29) is 30.5 Å². The first-order valence-corrected chi connectivity index (χ1v) is 8.82. The number of para-hydroxylation sites is 1. The highest BCUT2D eigenvalue weighted by molar-refractivity contribution is 5.86. The van der Waals surface area contributed by atoms with Crippen molar-refractivity contribution >= 4 is 29.2 Å². The molecular formula is C20H18ClF6N3O. The molecule has 4 N–H and O–H groups in total. The minimum absolute atomic E-state index is 0. The zero-order valence-corrected chi connectivity index (χ0v) is 16.6. The Morgan fingerprint density at radius 2 is 1.58 bits per heavy atom. The maximum atomic E-state index is 12.9. The van der Waals surface area contributed by atoms with Crippen LogP contribution in [0.25, 0.3) is 10.9 Å². The molecule has 2 aromatic carbocycles. The lowest BCUT2D eigenvalue weighted by Crippen LogP contribution is -2.41. The highest BCUT2D eigenvalue weighted by Crippen LogP contribution is 2.36. The molecule has 11 heteroatoms. The van der Waals surface area contributed by atoms with Crippen molar-refractivity contribution in [2.24, 2.45) is 5.73 Å². The van der Waals surface area contributed by atoms with Crippen LogP contribution < -0.4 is 11.1 Å². The molecule has 4 nitrogen and oxygen atoms in total. The molecule has 0 fully saturated rings. The van der Waals surface area contributed by atoms with Gasteiger partial charge in [-0.3, -0.25) is 4.79 Å². The van der Waals surface area contributed by atoms with Gasteiger partial charge in [-0.2, -0.15) is 26.3 Å². The summed E-state index contributed by atoms with van der Waals surface area (Å²) in [6.07, 6.45) is -8.07. The Bertz CT molecular complexity index is 1030. The van der Waals surface area contributed by atoms with Crippen molar-refractivity contribution < 1.29 is 31.1 Å². The molecule has 3 rings (SSSR count). The van der Waals surface area contributed by atoms with Gasteiger partial charge >= 0.3 is 12.4 Å². The fourth-order valence-electron chi connectivity index (χ4n) is 3.07. The number of aromatic amines is 1. The maximum Gasteiger partial charge on any atom is 0.416 e. The highest BCUT2D eigenvalue weighted by Gasteiger charge is 2.36. The smallest absolute Gasteiger partial charge is 0.361 e. The molecule has 168 valence electrons. The molecule has 0 saturated carbocycles. The van der Waals surface area contributed by atoms with Gasteiger partial charge in [-0.25, -0.2) is 0 Å². The second kappa shape index (κ2) is 9.19. The molecule has 0 aliphatic carbocycles. The van der Waals surface area contributed by atoms with Gasteiger partial charge in [0.05, 0.1) is 17.2 Å². The molecule has 0 radical (unpaired) electrons. The summed E-state index contributed by atoms with van der Waals surface area (Å²) in [5, 5.41) is 3.18. The number of rotatable bonds is 5. The molecule has 0 saturated heterocycles. The zero-order chi connectivity index (χ0) is 22.1. The molecule has 0 aliphatic heterocycles. The van der Waals surface area contributed by atoms with Gasteiger partial charge in [0, 0.05) is 23.6 Å². The third-order valence-corrected chi connectivity index (χ3v) is 4.57. The molecule has 0 spiro atoms. The number of benzene rings is 2. The molecule has 1 atom stereocenters. The van der Waals surface area contributed by atoms with E-state index in [1.54, 1.807) is 6.20 Å². The second-order valence-corrected chi connectivity index (χ2v) is 6.80. The van der Waals surface area contributed by atoms with Crippen molar-refractivity contribution in [3.05, 3.63) is 70.9 Å². The van der Waals surface area contributed by atoms with Crippen LogP contribution in [0.4, 0.5) is 26.3 Å². The third kappa shape index (κ3) is 5.92. The van der Waals surface area contributed by atoms with E-state index in [0.717, 1.165) is 16.5 Å². The summed E-state index contributed by atoms with van der Waals surface area (Å²) in [4.78, 5) is 15.3. The van der Waals surface area contributed by atoms with Crippen molar-refractivity contribution in [3.8, 4) is 0 Å². The Labute approximate surface area is 179 Å². The average molecular weight is 466 g/mol. The number of hydrogen-bond donors (Lipinski definition) is 3. The predicted octanol–water partition coefficient (Wildman–Crippen LogP) is 4.81. The van der Waals surface area contributed by atoms with Crippen LogP contribution in [0, 0.1) is 0 Å². The molecule has 0 aliphatic rings. The summed E-state index contributed by atoms with van der Waals surface area (Å²) >= 11 is 0. The van der Waals surface area contributed by atoms with Gasteiger partial charge in [0.15, 0.2) is 0 Å². The fraction of sp³-hybridized carbons (Fsp3) is 0.250. The third-order valence-electron chi connectivity index (χ3n) is 4.57. The summed E-state index contributed by atoms with van der Waals surface area (Å²) in [5.74, 6) is -0.689. The molecule has 0 bridgehead atoms. The van der Waals surface area contributed by atoms with Crippen LogP contribution in [-0.2, 0) is 30.1 Å². The number of H-pyrrole nitrogens is 1. The van der Waals surface area contributed by atoms with Gasteiger partial charge < -0.3 is 16.0 Å². The number of halogens is 7. The quantitative estimate of drug-likeness (QED) is 0.473. The van der Waals surface area contributed by atoms with E-state index in [9.17, 15) is 31.1 Å². The second-order valence-electron chi connectivity index (χ2n) is 6.80. The Hall–Kier alpha value is -2.72. The van der Waals surface area contributed by atoms with E-state index in [1.807, 2.05) is 24.3 Å². The Morgan fingerprint density at radius 1 is 1.00 bits per heavy atom. The molecule has 3 aromatic rings. The number of aromatic nitrogens is 1. The summed E-state index contributed by atoms with van der Waals surface area (Å²) in [5.41, 5.74) is 4.29. The Balaban J connectivity index is 0.00000341. The monoisotopic (exact) mass is 465 g/mol. The van der Waals surface area contributed by atoms with Gasteiger partial charge in [0.2, 0.25) is 5.91 Å². The molecule has 0 unspecified atom stereocenters. The molecule has 31 heavy (non-hydrogen) atoms. The number of fused-ring (bicyclic) bond motifs is 1. The number of amides is 1. The van der Waals surface area contributed by atoms with E-state index >= 15 is 0 Å². The summed E-state index contributed by atoms with van der Waals surface area (Å²) in [6, 6.07) is 7.48. The highest BCUT2D eigenvalue weighted by atomic mass is 35.5. The summed E-state index contributed by atoms with van der Waals surface area (Å²) < 4.78 is 77.5. The summed E-state index contributed by atoms with van der Waals surface area (Å²) in [6.45, 7) is -0.520. The number of carbonyl (C=O) groups excluding carboxylic acids is 1. The normalized spacial score (nSPS) is 13.0. The lowest BCUT2D eigenvalue weighted by atomic mass is 10.0. The van der Waals surface area contributed by atoms with E-state index in [4.69, 9.17) is 5.73 Å². The van der Waals surface area contributed by atoms with Crippen LogP contribution in [0.5, 0.6) is 0 Å². The van der Waals surface area contributed by atoms with Crippen molar-refractivity contribution in [3.63, 3.8) is 0 Å². The first-order chi connectivity index (χ1) is 13.9. The predicted molar refractivity (Wildman–Crippen MR) is 106 cm³/mol. The topological polar surface area (TPSA) is 70.9 Å². The van der Waals surface area contributed by atoms with Gasteiger partial charge in [-0.1, -0.05) is 18.2 Å². The first kappa shape index (κ1) is 24.5. The maximum absolute atomic E-state index is 12.9. The molecule has 1 amide bonds. The van der Waals surface area contributed by atoms with Crippen molar-refractivity contribution in [2.45, 2.75) is 31.4 Å². The average Bonchev–Trinajstić information content (AvgIpc) is 3.07. The van der Waals surface area contributed by atoms with Crippen molar-refractivity contribution in [2.75, 3.05) is 0 Å². The first-order valence-electron chi connectivity index (χ1n) is 8.82. The lowest BCUT2D eigenvalue weighted by molar-refractivity contribution is -0.143. The largest absolute Gasteiger partial charge is 0.416 e. The molecular weight excluding hydrogens is 448 g/mol. The number of carbonyl (C=O) groups is 1. The lowest BCUT2D eigenvalue weighted by Gasteiger charge is -2.16. The molecule has 1 aromatic heterocycles. The van der Waals surface area contributed by atoms with E-state index in [1.165, 1.54) is 0 Å². The van der Waals surface area contributed by atoms with Crippen LogP contribution in [0.1, 0.15) is 22.3 Å². The standard InChI is InChI=1S/C20H17F6N3O.ClH/c21-19(22,23)13-5-11(6-14(8-13)20(24,25)26)9-29-18(30)16(27)7-12-10-28-17-4-2-1-3-15(12)17;/h1-6,8,10,16,28H,7,9,27H2,(H,29,30);1H/t16-;/m0./s1. The van der Waals surface area contributed by atoms with Crippen LogP contribution in [0.15, 0.2) is 48.7 Å². The molecule has 1 heterocycles. The van der Waals surface area contributed by atoms with Crippen LogP contribution in [0.2, 0.25) is 0 Å². The minimum Gasteiger partial charge on any atom is -0.361 e. The van der Waals surface area contributed by atoms with Crippen molar-refractivity contribution in [1.82, 2.24) is 10.3 Å². The van der Waals surface area contributed by atoms with E-state index in [2.05, 4.69) is 10.3 Å². The van der Waals surface area contributed by atoms with Gasteiger partial charge in [0.25, 0.3) is 0 Å². The number of alkyl halides is 6. The van der Waals surface area contributed by atoms with Crippen molar-refractivity contribution in [1.29, 1.82) is 0 Å². The van der Waals surface area contributed by atoms with Gasteiger partial charge in [-0.05, 0) is 41.8 Å². The zero-order valence-electron chi connectivity index (χ0n) is 15.8. The van der Waals surface area contributed by atoms with Gasteiger partial charge in [0.1, 0.15) is 0 Å². The Morgan fingerprint density at radius 3 is 2.16 bits per heavy atom. The number of nitrogens with two attached hydrogens (primary N) is 1. The van der Waals surface area contributed by atoms with Crippen LogP contribution in [0.3, 0.4) is 0 Å². The SMILES string of the molecule is Cl.N[C@@H](Cc1c[nH]c2ccccc12)C(=O)NCc1cc(C(F)(F)F)cc(C(F)(F)F)c1. The number of nitrogens with one attached hydrogen (secondary N) is 2. The van der Waals surface area contributed by atoms with Gasteiger partial charge in [-0.15, -0.1) is 12.4 Å².